The van der Waals surface area contributed by atoms with E-state index in [0.29, 0.717) is 5.92 Å². The molecule has 0 bridgehead atoms. The Balaban J connectivity index is 1.52. The Hall–Kier alpha value is -1.97. The zero-order valence-electron chi connectivity index (χ0n) is 15.1. The Labute approximate surface area is 153 Å². The van der Waals surface area contributed by atoms with Gasteiger partial charge in [-0.15, -0.1) is 13.2 Å². The van der Waals surface area contributed by atoms with E-state index >= 15 is 0 Å². The summed E-state index contributed by atoms with van der Waals surface area (Å²) < 4.78 is 40.4. The summed E-state index contributed by atoms with van der Waals surface area (Å²) in [5.41, 5.74) is 3.70. The maximum atomic E-state index is 12.2. The van der Waals surface area contributed by atoms with Crippen molar-refractivity contribution in [2.75, 3.05) is 0 Å². The lowest BCUT2D eigenvalue weighted by atomic mass is 9.79. The third kappa shape index (κ3) is 5.52. The number of hydrogen-bond donors (Lipinski definition) is 0. The van der Waals surface area contributed by atoms with E-state index in [1.807, 2.05) is 0 Å². The molecule has 0 radical (unpaired) electrons. The van der Waals surface area contributed by atoms with Crippen LogP contribution in [0.5, 0.6) is 5.75 Å². The van der Waals surface area contributed by atoms with Gasteiger partial charge in [-0.2, -0.15) is 0 Å². The van der Waals surface area contributed by atoms with Crippen molar-refractivity contribution in [3.05, 3.63) is 65.2 Å². The molecular formula is C22H25F3O. The zero-order chi connectivity index (χ0) is 18.6. The third-order valence-corrected chi connectivity index (χ3v) is 5.33. The average Bonchev–Trinajstić information content (AvgIpc) is 2.61. The van der Waals surface area contributed by atoms with E-state index in [0.717, 1.165) is 24.3 Å². The number of benzene rings is 2. The van der Waals surface area contributed by atoms with Gasteiger partial charge in [-0.1, -0.05) is 56.2 Å². The van der Waals surface area contributed by atoms with Gasteiger partial charge in [0.2, 0.25) is 0 Å². The number of ether oxygens (including phenoxy) is 1. The van der Waals surface area contributed by atoms with Crippen LogP contribution in [0.4, 0.5) is 13.2 Å². The first-order valence-electron chi connectivity index (χ1n) is 9.32. The molecule has 0 aliphatic heterocycles. The summed E-state index contributed by atoms with van der Waals surface area (Å²) in [6.45, 7) is 2.33. The van der Waals surface area contributed by atoms with Crippen molar-refractivity contribution in [2.45, 2.75) is 57.7 Å². The predicted octanol–water partition coefficient (Wildman–Crippen LogP) is 6.66. The molecule has 0 atom stereocenters. The van der Waals surface area contributed by atoms with Gasteiger partial charge in [-0.25, -0.2) is 0 Å². The lowest BCUT2D eigenvalue weighted by Crippen LogP contribution is -2.17. The molecule has 3 rings (SSSR count). The van der Waals surface area contributed by atoms with Gasteiger partial charge in [-0.3, -0.25) is 0 Å². The average molecular weight is 362 g/mol. The minimum atomic E-state index is -4.64. The normalized spacial score (nSPS) is 20.8. The molecule has 0 heterocycles. The summed E-state index contributed by atoms with van der Waals surface area (Å²) in [5.74, 6) is 1.38. The van der Waals surface area contributed by atoms with Crippen LogP contribution in [0.3, 0.4) is 0 Å². The fourth-order valence-corrected chi connectivity index (χ4v) is 3.70. The standard InChI is InChI=1S/C22H25F3O/c1-16-2-10-19(11-3-16)20-12-6-17(7-13-20)4-5-18-8-14-21(15-9-18)26-22(23,24)25/h6-9,12-16,19H,2-5,10-11H2,1H3/t16-,19-. The van der Waals surface area contributed by atoms with Crippen LogP contribution in [-0.2, 0) is 12.8 Å². The highest BCUT2D eigenvalue weighted by molar-refractivity contribution is 5.30. The van der Waals surface area contributed by atoms with E-state index in [1.165, 1.54) is 48.9 Å². The summed E-state index contributed by atoms with van der Waals surface area (Å²) in [6.07, 6.45) is 2.24. The number of hydrogen-bond acceptors (Lipinski definition) is 1. The zero-order valence-corrected chi connectivity index (χ0v) is 15.1. The molecule has 0 N–H and O–H groups in total. The molecule has 0 unspecified atom stereocenters. The maximum absolute atomic E-state index is 12.2. The molecule has 26 heavy (non-hydrogen) atoms. The Morgan fingerprint density at radius 3 is 1.81 bits per heavy atom. The van der Waals surface area contributed by atoms with E-state index in [1.54, 1.807) is 12.1 Å². The van der Waals surface area contributed by atoms with Crippen molar-refractivity contribution in [3.8, 4) is 5.75 Å². The molecule has 0 aromatic heterocycles. The van der Waals surface area contributed by atoms with Gasteiger partial charge in [-0.05, 0) is 66.3 Å². The molecular weight excluding hydrogens is 337 g/mol. The van der Waals surface area contributed by atoms with Crippen molar-refractivity contribution in [1.82, 2.24) is 0 Å². The molecule has 1 aliphatic rings. The number of aryl methyl sites for hydroxylation is 2. The molecule has 4 heteroatoms. The predicted molar refractivity (Wildman–Crippen MR) is 97.3 cm³/mol. The molecule has 1 fully saturated rings. The summed E-state index contributed by atoms with van der Waals surface area (Å²) >= 11 is 0. The highest BCUT2D eigenvalue weighted by Crippen LogP contribution is 2.35. The van der Waals surface area contributed by atoms with Gasteiger partial charge in [0.15, 0.2) is 0 Å². The van der Waals surface area contributed by atoms with Crippen LogP contribution in [0.25, 0.3) is 0 Å². The van der Waals surface area contributed by atoms with Crippen LogP contribution in [0.2, 0.25) is 0 Å². The number of alkyl halides is 3. The Morgan fingerprint density at radius 2 is 1.31 bits per heavy atom. The van der Waals surface area contributed by atoms with Crippen LogP contribution < -0.4 is 4.74 Å². The molecule has 1 aliphatic carbocycles. The van der Waals surface area contributed by atoms with Crippen molar-refractivity contribution >= 4 is 0 Å². The summed E-state index contributed by atoms with van der Waals surface area (Å²) in [4.78, 5) is 0. The molecule has 2 aromatic carbocycles. The summed E-state index contributed by atoms with van der Waals surface area (Å²) in [6, 6.07) is 15.0. The van der Waals surface area contributed by atoms with Crippen LogP contribution in [0, 0.1) is 5.92 Å². The Bertz CT molecular complexity index is 681. The quantitative estimate of drug-likeness (QED) is 0.577. The molecule has 0 spiro atoms. The van der Waals surface area contributed by atoms with Crippen LogP contribution in [-0.4, -0.2) is 6.36 Å². The fraction of sp³-hybridized carbons (Fsp3) is 0.455. The summed E-state index contributed by atoms with van der Waals surface area (Å²) in [7, 11) is 0. The smallest absolute Gasteiger partial charge is 0.406 e. The second-order valence-electron chi connectivity index (χ2n) is 7.39. The van der Waals surface area contributed by atoms with Crippen LogP contribution >= 0.6 is 0 Å². The van der Waals surface area contributed by atoms with E-state index in [2.05, 4.69) is 35.9 Å². The van der Waals surface area contributed by atoms with Gasteiger partial charge < -0.3 is 4.74 Å². The minimum absolute atomic E-state index is 0.174. The lowest BCUT2D eigenvalue weighted by Gasteiger charge is -2.26. The Kier molecular flexibility index (Phi) is 5.90. The van der Waals surface area contributed by atoms with Crippen LogP contribution in [0.1, 0.15) is 55.2 Å². The van der Waals surface area contributed by atoms with Gasteiger partial charge >= 0.3 is 6.36 Å². The van der Waals surface area contributed by atoms with Crippen molar-refractivity contribution in [3.63, 3.8) is 0 Å². The van der Waals surface area contributed by atoms with Gasteiger partial charge in [0, 0.05) is 0 Å². The fourth-order valence-electron chi connectivity index (χ4n) is 3.70. The molecule has 140 valence electrons. The largest absolute Gasteiger partial charge is 0.573 e. The molecule has 1 nitrogen and oxygen atoms in total. The lowest BCUT2D eigenvalue weighted by molar-refractivity contribution is -0.274. The Morgan fingerprint density at radius 1 is 0.808 bits per heavy atom. The molecule has 0 saturated heterocycles. The maximum Gasteiger partial charge on any atom is 0.573 e. The van der Waals surface area contributed by atoms with Gasteiger partial charge in [0.05, 0.1) is 0 Å². The highest BCUT2D eigenvalue weighted by Gasteiger charge is 2.30. The first-order valence-corrected chi connectivity index (χ1v) is 9.32. The van der Waals surface area contributed by atoms with E-state index in [4.69, 9.17) is 0 Å². The first-order chi connectivity index (χ1) is 12.4. The molecule has 0 amide bonds. The number of halogens is 3. The third-order valence-electron chi connectivity index (χ3n) is 5.33. The van der Waals surface area contributed by atoms with Crippen LogP contribution in [0.15, 0.2) is 48.5 Å². The highest BCUT2D eigenvalue weighted by atomic mass is 19.4. The monoisotopic (exact) mass is 362 g/mol. The first kappa shape index (κ1) is 18.8. The SMILES string of the molecule is C[C@H]1CC[C@H](c2ccc(CCc3ccc(OC(F)(F)F)cc3)cc2)CC1. The van der Waals surface area contributed by atoms with Crippen molar-refractivity contribution in [2.24, 2.45) is 5.92 Å². The van der Waals surface area contributed by atoms with Gasteiger partial charge in [0.25, 0.3) is 0 Å². The van der Waals surface area contributed by atoms with E-state index in [-0.39, 0.29) is 5.75 Å². The second-order valence-corrected chi connectivity index (χ2v) is 7.39. The van der Waals surface area contributed by atoms with Crippen molar-refractivity contribution in [1.29, 1.82) is 0 Å². The minimum Gasteiger partial charge on any atom is -0.406 e. The molecule has 1 saturated carbocycles. The van der Waals surface area contributed by atoms with E-state index < -0.39 is 6.36 Å². The van der Waals surface area contributed by atoms with Gasteiger partial charge in [0.1, 0.15) is 5.75 Å². The molecule has 2 aromatic rings. The second kappa shape index (κ2) is 8.15. The summed E-state index contributed by atoms with van der Waals surface area (Å²) in [5, 5.41) is 0. The van der Waals surface area contributed by atoms with E-state index in [9.17, 15) is 13.2 Å². The topological polar surface area (TPSA) is 9.23 Å². The number of rotatable bonds is 5. The van der Waals surface area contributed by atoms with Crippen molar-refractivity contribution < 1.29 is 17.9 Å².